The van der Waals surface area contributed by atoms with E-state index in [2.05, 4.69) is 60.1 Å². The largest absolute Gasteiger partial charge is 0.369 e. The maximum atomic E-state index is 15.0. The van der Waals surface area contributed by atoms with Crippen molar-refractivity contribution < 1.29 is 4.79 Å². The molecule has 232 valence electrons. The lowest BCUT2D eigenvalue weighted by molar-refractivity contribution is -0.178. The van der Waals surface area contributed by atoms with E-state index in [1.165, 1.54) is 83.5 Å². The summed E-state index contributed by atoms with van der Waals surface area (Å²) in [5.74, 6) is 7.38. The van der Waals surface area contributed by atoms with E-state index in [4.69, 9.17) is 4.98 Å². The molecule has 1 amide bonds. The second-order valence-corrected chi connectivity index (χ2v) is 16.9. The van der Waals surface area contributed by atoms with Crippen molar-refractivity contribution in [3.8, 4) is 0 Å². The first-order chi connectivity index (χ1) is 20.9. The van der Waals surface area contributed by atoms with Gasteiger partial charge in [0.1, 0.15) is 5.82 Å². The highest BCUT2D eigenvalue weighted by atomic mass is 16.2. The lowest BCUT2D eigenvalue weighted by Crippen LogP contribution is -2.61. The molecule has 5 heteroatoms. The fraction of sp³-hybridized carbons (Fsp3) is 0.737. The van der Waals surface area contributed by atoms with Crippen LogP contribution < -0.4 is 16.0 Å². The Morgan fingerprint density at radius 2 is 1.33 bits per heavy atom. The number of anilines is 2. The van der Waals surface area contributed by atoms with E-state index in [0.29, 0.717) is 5.91 Å². The highest BCUT2D eigenvalue weighted by Crippen LogP contribution is 2.71. The molecule has 0 spiro atoms. The minimum Gasteiger partial charge on any atom is -0.369 e. The van der Waals surface area contributed by atoms with Crippen molar-refractivity contribution in [3.05, 3.63) is 30.3 Å². The molecule has 8 fully saturated rings. The Morgan fingerprint density at radius 1 is 0.767 bits per heavy atom. The Balaban J connectivity index is 1.05. The first-order valence-corrected chi connectivity index (χ1v) is 18.0. The summed E-state index contributed by atoms with van der Waals surface area (Å²) in [7, 11) is 0. The van der Waals surface area contributed by atoms with E-state index >= 15 is 0 Å². The van der Waals surface area contributed by atoms with Crippen LogP contribution in [0, 0.1) is 58.2 Å². The van der Waals surface area contributed by atoms with Crippen molar-refractivity contribution in [3.63, 3.8) is 0 Å². The Bertz CT molecular complexity index is 1230. The summed E-state index contributed by atoms with van der Waals surface area (Å²) in [6.07, 6.45) is 17.7. The maximum absolute atomic E-state index is 15.0. The van der Waals surface area contributed by atoms with Gasteiger partial charge in [-0.25, -0.2) is 4.98 Å². The summed E-state index contributed by atoms with van der Waals surface area (Å²) in [5.41, 5.74) is 2.37. The van der Waals surface area contributed by atoms with E-state index < -0.39 is 0 Å². The average molecular weight is 583 g/mol. The predicted molar refractivity (Wildman–Crippen MR) is 176 cm³/mol. The van der Waals surface area contributed by atoms with Crippen molar-refractivity contribution in [1.82, 2.24) is 10.3 Å². The summed E-state index contributed by atoms with van der Waals surface area (Å²) < 4.78 is 0. The van der Waals surface area contributed by atoms with Crippen LogP contribution in [-0.2, 0) is 4.79 Å². The number of nitrogens with one attached hydrogen (secondary N) is 3. The molecule has 8 aliphatic carbocycles. The van der Waals surface area contributed by atoms with Crippen LogP contribution in [0.5, 0.6) is 0 Å². The molecule has 5 nitrogen and oxygen atoms in total. The summed E-state index contributed by atoms with van der Waals surface area (Å²) in [6.45, 7) is 7.37. The third-order valence-corrected chi connectivity index (χ3v) is 13.2. The summed E-state index contributed by atoms with van der Waals surface area (Å²) in [5, 5.41) is 11.7. The van der Waals surface area contributed by atoms with Crippen LogP contribution >= 0.6 is 0 Å². The highest BCUT2D eigenvalue weighted by Gasteiger charge is 2.64. The Labute approximate surface area is 259 Å². The molecule has 1 aromatic carbocycles. The first kappa shape index (κ1) is 28.3. The fourth-order valence-electron chi connectivity index (χ4n) is 12.6. The standard InChI is InChI=1S/C38H54N4O/c1-24(2)8-9-39-10-11-40-34-7-6-31-32(41-34)4-3-5-33(31)42-36(43)35(37-18-25-12-26(19-37)14-27(13-25)20-37)38-21-28-15-29(22-38)17-30(16-28)23-38/h3-7,24-30,35,39H,8-23H2,1-2H3,(H,40,41)(H,42,43). The van der Waals surface area contributed by atoms with Crippen LogP contribution in [0.15, 0.2) is 30.3 Å². The molecule has 1 heterocycles. The van der Waals surface area contributed by atoms with Gasteiger partial charge in [-0.15, -0.1) is 0 Å². The summed E-state index contributed by atoms with van der Waals surface area (Å²) in [4.78, 5) is 19.9. The summed E-state index contributed by atoms with van der Waals surface area (Å²) >= 11 is 0. The molecule has 8 aliphatic rings. The molecule has 0 radical (unpaired) electrons. The zero-order chi connectivity index (χ0) is 29.2. The Morgan fingerprint density at radius 3 is 1.86 bits per heavy atom. The van der Waals surface area contributed by atoms with Gasteiger partial charge in [0.25, 0.3) is 0 Å². The molecule has 8 saturated carbocycles. The van der Waals surface area contributed by atoms with Crippen LogP contribution in [0.25, 0.3) is 10.9 Å². The van der Waals surface area contributed by atoms with Gasteiger partial charge >= 0.3 is 0 Å². The second-order valence-electron chi connectivity index (χ2n) is 16.9. The highest BCUT2D eigenvalue weighted by molar-refractivity contribution is 6.02. The van der Waals surface area contributed by atoms with Crippen molar-refractivity contribution in [2.75, 3.05) is 30.3 Å². The monoisotopic (exact) mass is 582 g/mol. The molecule has 3 N–H and O–H groups in total. The Hall–Kier alpha value is -2.14. The first-order valence-electron chi connectivity index (χ1n) is 18.0. The van der Waals surface area contributed by atoms with Crippen molar-refractivity contribution in [1.29, 1.82) is 0 Å². The SMILES string of the molecule is CC(C)CCNCCNc1ccc2c(NC(=O)C(C34CC5CC(CC(C5)C3)C4)C34CC5CC(CC(C5)C3)C4)cccc2n1. The third-order valence-electron chi connectivity index (χ3n) is 13.2. The maximum Gasteiger partial charge on any atom is 0.228 e. The van der Waals surface area contributed by atoms with Gasteiger partial charge in [0, 0.05) is 24.4 Å². The number of hydrogen-bond acceptors (Lipinski definition) is 4. The molecule has 0 atom stereocenters. The number of benzene rings is 1. The van der Waals surface area contributed by atoms with E-state index in [1.807, 2.05) is 0 Å². The van der Waals surface area contributed by atoms with Crippen molar-refractivity contribution in [2.24, 2.45) is 58.2 Å². The van der Waals surface area contributed by atoms with Crippen LogP contribution in [0.4, 0.5) is 11.5 Å². The molecule has 8 bridgehead atoms. The van der Waals surface area contributed by atoms with Crippen LogP contribution in [-0.4, -0.2) is 30.5 Å². The molecule has 1 aromatic heterocycles. The van der Waals surface area contributed by atoms with Crippen LogP contribution in [0.2, 0.25) is 0 Å². The van der Waals surface area contributed by atoms with Gasteiger partial charge in [0.15, 0.2) is 0 Å². The number of hydrogen-bond donors (Lipinski definition) is 3. The molecular weight excluding hydrogens is 528 g/mol. The summed E-state index contributed by atoms with van der Waals surface area (Å²) in [6, 6.07) is 10.5. The quantitative estimate of drug-likeness (QED) is 0.233. The molecule has 0 saturated heterocycles. The smallest absolute Gasteiger partial charge is 0.228 e. The minimum absolute atomic E-state index is 0.175. The van der Waals surface area contributed by atoms with E-state index in [9.17, 15) is 4.79 Å². The van der Waals surface area contributed by atoms with Crippen LogP contribution in [0.1, 0.15) is 97.3 Å². The normalized spacial score (nSPS) is 37.7. The lowest BCUT2D eigenvalue weighted by atomic mass is 9.38. The molecule has 0 unspecified atom stereocenters. The number of pyridine rings is 1. The zero-order valence-corrected chi connectivity index (χ0v) is 26.7. The second kappa shape index (κ2) is 11.0. The van der Waals surface area contributed by atoms with Gasteiger partial charge in [-0.05, 0) is 167 Å². The van der Waals surface area contributed by atoms with Crippen LogP contribution in [0.3, 0.4) is 0 Å². The molecule has 10 rings (SSSR count). The number of fused-ring (bicyclic) bond motifs is 1. The van der Waals surface area contributed by atoms with Gasteiger partial charge in [0.2, 0.25) is 5.91 Å². The van der Waals surface area contributed by atoms with E-state index in [1.54, 1.807) is 0 Å². The number of nitrogens with zero attached hydrogens (tertiary/aromatic N) is 1. The predicted octanol–water partition coefficient (Wildman–Crippen LogP) is 8.27. The number of amides is 1. The van der Waals surface area contributed by atoms with Gasteiger partial charge < -0.3 is 16.0 Å². The number of carbonyl (C=O) groups is 1. The number of carbonyl (C=O) groups excluding carboxylic acids is 1. The molecule has 2 aromatic rings. The zero-order valence-electron chi connectivity index (χ0n) is 26.7. The van der Waals surface area contributed by atoms with Gasteiger partial charge in [-0.1, -0.05) is 19.9 Å². The minimum atomic E-state index is 0.175. The molecule has 0 aliphatic heterocycles. The number of aromatic nitrogens is 1. The van der Waals surface area contributed by atoms with Gasteiger partial charge in [-0.3, -0.25) is 4.79 Å². The van der Waals surface area contributed by atoms with E-state index in [-0.39, 0.29) is 16.7 Å². The van der Waals surface area contributed by atoms with Gasteiger partial charge in [-0.2, -0.15) is 0 Å². The lowest BCUT2D eigenvalue weighted by Gasteiger charge is -2.66. The van der Waals surface area contributed by atoms with E-state index in [0.717, 1.165) is 83.5 Å². The molecule has 43 heavy (non-hydrogen) atoms. The van der Waals surface area contributed by atoms with Crippen molar-refractivity contribution in [2.45, 2.75) is 97.3 Å². The Kier molecular flexibility index (Phi) is 7.27. The third kappa shape index (κ3) is 5.30. The van der Waals surface area contributed by atoms with Crippen molar-refractivity contribution >= 4 is 28.3 Å². The topological polar surface area (TPSA) is 66.0 Å². The fourth-order valence-corrected chi connectivity index (χ4v) is 12.6. The number of rotatable bonds is 11. The molecular formula is C38H54N4O. The average Bonchev–Trinajstić information content (AvgIpc) is 2.93. The van der Waals surface area contributed by atoms with Gasteiger partial charge in [0.05, 0.1) is 11.2 Å².